The van der Waals surface area contributed by atoms with Gasteiger partial charge in [-0.25, -0.2) is 4.98 Å². The Morgan fingerprint density at radius 3 is 2.38 bits per heavy atom. The van der Waals surface area contributed by atoms with E-state index in [1.54, 1.807) is 22.7 Å². The minimum Gasteiger partial charge on any atom is -0.332 e. The summed E-state index contributed by atoms with van der Waals surface area (Å²) in [6.07, 6.45) is 0. The van der Waals surface area contributed by atoms with Crippen molar-refractivity contribution >= 4 is 45.1 Å². The molecule has 4 rings (SSSR count). The van der Waals surface area contributed by atoms with Gasteiger partial charge in [0.1, 0.15) is 0 Å². The number of rotatable bonds is 4. The average molecular weight is 369 g/mol. The summed E-state index contributed by atoms with van der Waals surface area (Å²) in [7, 11) is 0. The van der Waals surface area contributed by atoms with Gasteiger partial charge >= 0.3 is 0 Å². The van der Waals surface area contributed by atoms with Crippen molar-refractivity contribution in [1.29, 1.82) is 0 Å². The first kappa shape index (κ1) is 15.4. The van der Waals surface area contributed by atoms with E-state index >= 15 is 0 Å². The number of benzene rings is 2. The Kier molecular flexibility index (Phi) is 4.34. The molecule has 0 amide bonds. The lowest BCUT2D eigenvalue weighted by molar-refractivity contribution is 1.40. The summed E-state index contributed by atoms with van der Waals surface area (Å²) in [5.41, 5.74) is 3.23. The lowest BCUT2D eigenvalue weighted by Gasteiger charge is -2.01. The molecule has 5 heteroatoms. The largest absolute Gasteiger partial charge is 0.332 e. The Morgan fingerprint density at radius 2 is 1.58 bits per heavy atom. The second-order valence-electron chi connectivity index (χ2n) is 5.20. The van der Waals surface area contributed by atoms with Crippen LogP contribution in [0.1, 0.15) is 0 Å². The second-order valence-corrected chi connectivity index (χ2v) is 7.58. The highest BCUT2D eigenvalue weighted by Gasteiger charge is 2.09. The number of thiophene rings is 1. The van der Waals surface area contributed by atoms with Crippen molar-refractivity contribution in [2.75, 3.05) is 5.32 Å². The van der Waals surface area contributed by atoms with Crippen LogP contribution >= 0.6 is 34.3 Å². The molecule has 0 atom stereocenters. The van der Waals surface area contributed by atoms with Gasteiger partial charge in [0.25, 0.3) is 0 Å². The summed E-state index contributed by atoms with van der Waals surface area (Å²) in [5, 5.41) is 7.00. The molecule has 4 aromatic rings. The number of aromatic nitrogens is 1. The summed E-state index contributed by atoms with van der Waals surface area (Å²) < 4.78 is 0. The van der Waals surface area contributed by atoms with Gasteiger partial charge in [0, 0.05) is 21.0 Å². The molecule has 0 aliphatic heterocycles. The molecule has 2 heterocycles. The average Bonchev–Trinajstić information content (AvgIpc) is 3.27. The zero-order valence-corrected chi connectivity index (χ0v) is 15.0. The van der Waals surface area contributed by atoms with Gasteiger partial charge in [-0.1, -0.05) is 41.9 Å². The highest BCUT2D eigenvalue weighted by Crippen LogP contribution is 2.36. The normalized spacial score (nSPS) is 10.7. The van der Waals surface area contributed by atoms with Gasteiger partial charge < -0.3 is 5.32 Å². The van der Waals surface area contributed by atoms with E-state index in [-0.39, 0.29) is 0 Å². The molecule has 0 radical (unpaired) electrons. The molecular formula is C19H13ClN2S2. The summed E-state index contributed by atoms with van der Waals surface area (Å²) in [5.74, 6) is 0. The van der Waals surface area contributed by atoms with E-state index in [1.807, 2.05) is 30.3 Å². The highest BCUT2D eigenvalue weighted by atomic mass is 35.5. The molecule has 0 fully saturated rings. The predicted molar refractivity (Wildman–Crippen MR) is 106 cm³/mol. The van der Waals surface area contributed by atoms with Crippen LogP contribution in [0.25, 0.3) is 21.0 Å². The van der Waals surface area contributed by atoms with Crippen LogP contribution in [0, 0.1) is 0 Å². The van der Waals surface area contributed by atoms with Gasteiger partial charge in [-0.3, -0.25) is 0 Å². The topological polar surface area (TPSA) is 24.9 Å². The second kappa shape index (κ2) is 6.77. The van der Waals surface area contributed by atoms with Crippen molar-refractivity contribution < 1.29 is 0 Å². The summed E-state index contributed by atoms with van der Waals surface area (Å²) >= 11 is 9.27. The van der Waals surface area contributed by atoms with Crippen LogP contribution in [0.15, 0.2) is 72.1 Å². The van der Waals surface area contributed by atoms with Crippen molar-refractivity contribution in [3.8, 4) is 21.0 Å². The smallest absolute Gasteiger partial charge is 0.187 e. The first-order valence-corrected chi connectivity index (χ1v) is 9.49. The summed E-state index contributed by atoms with van der Waals surface area (Å²) in [6, 6.07) is 22.3. The third kappa shape index (κ3) is 3.36. The highest BCUT2D eigenvalue weighted by molar-refractivity contribution is 7.19. The van der Waals surface area contributed by atoms with Crippen LogP contribution in [0.4, 0.5) is 10.8 Å². The minimum absolute atomic E-state index is 0.729. The maximum Gasteiger partial charge on any atom is 0.187 e. The maximum absolute atomic E-state index is 5.91. The van der Waals surface area contributed by atoms with Gasteiger partial charge in [0.15, 0.2) is 5.13 Å². The fourth-order valence-electron chi connectivity index (χ4n) is 2.33. The van der Waals surface area contributed by atoms with Gasteiger partial charge in [0.2, 0.25) is 0 Å². The fourth-order valence-corrected chi connectivity index (χ4v) is 4.24. The monoisotopic (exact) mass is 368 g/mol. The Balaban J connectivity index is 1.55. The molecule has 0 spiro atoms. The van der Waals surface area contributed by atoms with E-state index in [1.165, 1.54) is 15.3 Å². The van der Waals surface area contributed by atoms with Crippen LogP contribution < -0.4 is 5.32 Å². The van der Waals surface area contributed by atoms with Crippen LogP contribution in [0.3, 0.4) is 0 Å². The lowest BCUT2D eigenvalue weighted by atomic mass is 10.2. The summed E-state index contributed by atoms with van der Waals surface area (Å²) in [6.45, 7) is 0. The van der Waals surface area contributed by atoms with Gasteiger partial charge in [-0.2, -0.15) is 0 Å². The van der Waals surface area contributed by atoms with Crippen molar-refractivity contribution in [2.24, 2.45) is 0 Å². The Hall–Kier alpha value is -2.14. The molecule has 2 nitrogen and oxygen atoms in total. The Bertz CT molecular complexity index is 943. The predicted octanol–water partition coefficient (Wildman–Crippen LogP) is 6.94. The molecule has 0 bridgehead atoms. The zero-order valence-electron chi connectivity index (χ0n) is 12.6. The molecule has 2 aromatic carbocycles. The lowest BCUT2D eigenvalue weighted by Crippen LogP contribution is -1.88. The van der Waals surface area contributed by atoms with E-state index in [0.717, 1.165) is 21.5 Å². The third-order valence-electron chi connectivity index (χ3n) is 3.52. The molecule has 2 aromatic heterocycles. The number of halogens is 1. The zero-order chi connectivity index (χ0) is 16.4. The molecule has 0 unspecified atom stereocenters. The molecule has 0 saturated carbocycles. The standard InChI is InChI=1S/C19H13ClN2S2/c20-14-6-8-15(9-7-14)21-19-22-16(12-23-19)18-11-10-17(24-18)13-4-2-1-3-5-13/h1-12H,(H,21,22). The number of hydrogen-bond acceptors (Lipinski definition) is 4. The quantitative estimate of drug-likeness (QED) is 0.422. The van der Waals surface area contributed by atoms with Gasteiger partial charge in [-0.05, 0) is 42.0 Å². The summed E-state index contributed by atoms with van der Waals surface area (Å²) in [4.78, 5) is 7.12. The van der Waals surface area contributed by atoms with Crippen LogP contribution in [0.5, 0.6) is 0 Å². The number of thiazole rings is 1. The number of anilines is 2. The van der Waals surface area contributed by atoms with E-state index in [0.29, 0.717) is 0 Å². The maximum atomic E-state index is 5.91. The molecular weight excluding hydrogens is 356 g/mol. The van der Waals surface area contributed by atoms with Gasteiger partial charge in [0.05, 0.1) is 10.6 Å². The van der Waals surface area contributed by atoms with Crippen molar-refractivity contribution in [1.82, 2.24) is 4.98 Å². The van der Waals surface area contributed by atoms with Crippen LogP contribution in [0.2, 0.25) is 5.02 Å². The first-order valence-electron chi connectivity index (χ1n) is 7.42. The Labute approximate surface area is 153 Å². The molecule has 0 saturated heterocycles. The van der Waals surface area contributed by atoms with Crippen molar-refractivity contribution in [2.45, 2.75) is 0 Å². The minimum atomic E-state index is 0.729. The van der Waals surface area contributed by atoms with Crippen LogP contribution in [-0.4, -0.2) is 4.98 Å². The van der Waals surface area contributed by atoms with Crippen molar-refractivity contribution in [3.63, 3.8) is 0 Å². The van der Waals surface area contributed by atoms with Crippen molar-refractivity contribution in [3.05, 3.63) is 77.1 Å². The first-order chi connectivity index (χ1) is 11.8. The van der Waals surface area contributed by atoms with E-state index < -0.39 is 0 Å². The number of nitrogens with one attached hydrogen (secondary N) is 1. The molecule has 0 aliphatic rings. The van der Waals surface area contributed by atoms with Gasteiger partial charge in [-0.15, -0.1) is 22.7 Å². The molecule has 24 heavy (non-hydrogen) atoms. The van der Waals surface area contributed by atoms with Crippen LogP contribution in [-0.2, 0) is 0 Å². The SMILES string of the molecule is Clc1ccc(Nc2nc(-c3ccc(-c4ccccc4)s3)cs2)cc1. The molecule has 0 aliphatic carbocycles. The number of nitrogens with zero attached hydrogens (tertiary/aromatic N) is 1. The van der Waals surface area contributed by atoms with E-state index in [4.69, 9.17) is 16.6 Å². The molecule has 118 valence electrons. The van der Waals surface area contributed by atoms with E-state index in [9.17, 15) is 0 Å². The Morgan fingerprint density at radius 1 is 0.833 bits per heavy atom. The third-order valence-corrected chi connectivity index (χ3v) is 5.68. The fraction of sp³-hybridized carbons (Fsp3) is 0. The van der Waals surface area contributed by atoms with E-state index in [2.05, 4.69) is 47.1 Å². The number of hydrogen-bond donors (Lipinski definition) is 1. The molecule has 1 N–H and O–H groups in total.